The maximum absolute atomic E-state index is 14.1. The lowest BCUT2D eigenvalue weighted by molar-refractivity contribution is 0.416. The molecular weight excluding hydrogens is 348 g/mol. The van der Waals surface area contributed by atoms with Crippen LogP contribution in [0.5, 0.6) is 5.75 Å². The number of hydrogen-bond donors (Lipinski definition) is 1. The van der Waals surface area contributed by atoms with E-state index >= 15 is 0 Å². The van der Waals surface area contributed by atoms with Crippen LogP contribution in [0, 0.1) is 11.6 Å². The third-order valence-corrected chi connectivity index (χ3v) is 4.46. The Balaban J connectivity index is 2.45. The third kappa shape index (κ3) is 3.19. The average molecular weight is 362 g/mol. The second-order valence-electron chi connectivity index (χ2n) is 4.17. The topological polar surface area (TPSA) is 21.3 Å². The summed E-state index contributed by atoms with van der Waals surface area (Å²) in [4.78, 5) is 0.879. The molecule has 1 aromatic carbocycles. The van der Waals surface area contributed by atoms with Gasteiger partial charge < -0.3 is 10.1 Å². The van der Waals surface area contributed by atoms with Gasteiger partial charge in [-0.25, -0.2) is 8.78 Å². The minimum atomic E-state index is -0.479. The Kier molecular flexibility index (Phi) is 5.12. The molecule has 1 atom stereocenters. The molecule has 108 valence electrons. The van der Waals surface area contributed by atoms with Gasteiger partial charge in [-0.2, -0.15) is 0 Å². The summed E-state index contributed by atoms with van der Waals surface area (Å²) >= 11 is 4.43. The molecule has 1 unspecified atom stereocenters. The number of halogens is 3. The number of benzene rings is 1. The molecule has 0 spiro atoms. The van der Waals surface area contributed by atoms with Crippen LogP contribution in [0.1, 0.15) is 23.4 Å². The van der Waals surface area contributed by atoms with Gasteiger partial charge in [-0.3, -0.25) is 0 Å². The minimum Gasteiger partial charge on any atom is -0.496 e. The van der Waals surface area contributed by atoms with Crippen molar-refractivity contribution in [3.8, 4) is 5.75 Å². The number of nitrogens with one attached hydrogen (secondary N) is 1. The van der Waals surface area contributed by atoms with Crippen LogP contribution in [0.4, 0.5) is 8.78 Å². The van der Waals surface area contributed by atoms with E-state index in [2.05, 4.69) is 21.2 Å². The summed E-state index contributed by atoms with van der Waals surface area (Å²) < 4.78 is 33.1. The lowest BCUT2D eigenvalue weighted by Crippen LogP contribution is -2.22. The van der Waals surface area contributed by atoms with Crippen LogP contribution in [-0.2, 0) is 0 Å². The molecule has 0 radical (unpaired) electrons. The van der Waals surface area contributed by atoms with Gasteiger partial charge in [0.25, 0.3) is 0 Å². The van der Waals surface area contributed by atoms with Crippen LogP contribution >= 0.6 is 27.3 Å². The molecule has 6 heteroatoms. The molecule has 0 bridgehead atoms. The highest BCUT2D eigenvalue weighted by Crippen LogP contribution is 2.33. The van der Waals surface area contributed by atoms with E-state index in [0.717, 1.165) is 10.9 Å². The van der Waals surface area contributed by atoms with E-state index in [1.807, 2.05) is 18.4 Å². The molecule has 0 aliphatic carbocycles. The lowest BCUT2D eigenvalue weighted by atomic mass is 10.0. The fourth-order valence-corrected chi connectivity index (χ4v) is 3.18. The maximum Gasteiger partial charge on any atom is 0.137 e. The predicted molar refractivity (Wildman–Crippen MR) is 80.4 cm³/mol. The number of rotatable bonds is 5. The summed E-state index contributed by atoms with van der Waals surface area (Å²) in [5.74, 6) is -0.213. The van der Waals surface area contributed by atoms with Crippen molar-refractivity contribution in [2.45, 2.75) is 13.0 Å². The summed E-state index contributed by atoms with van der Waals surface area (Å²) in [6.07, 6.45) is 0. The molecule has 2 nitrogen and oxygen atoms in total. The largest absolute Gasteiger partial charge is 0.496 e. The highest BCUT2D eigenvalue weighted by molar-refractivity contribution is 9.10. The summed E-state index contributed by atoms with van der Waals surface area (Å²) in [6, 6.07) is 3.81. The quantitative estimate of drug-likeness (QED) is 0.791. The van der Waals surface area contributed by atoms with Crippen molar-refractivity contribution in [3.63, 3.8) is 0 Å². The van der Waals surface area contributed by atoms with Crippen molar-refractivity contribution in [2.24, 2.45) is 0 Å². The van der Waals surface area contributed by atoms with E-state index in [9.17, 15) is 8.78 Å². The summed E-state index contributed by atoms with van der Waals surface area (Å²) in [6.45, 7) is 2.56. The van der Waals surface area contributed by atoms with Gasteiger partial charge in [-0.15, -0.1) is 11.3 Å². The Labute approximate surface area is 128 Å². The Bertz CT molecular complexity index is 603. The molecule has 0 fully saturated rings. The Hall–Kier alpha value is -0.980. The smallest absolute Gasteiger partial charge is 0.137 e. The Morgan fingerprint density at radius 1 is 1.30 bits per heavy atom. The molecule has 2 rings (SSSR count). The molecular formula is C14H14BrF2NOS. The molecule has 1 N–H and O–H groups in total. The standard InChI is InChI=1S/C14H14BrF2NOS/c1-3-18-14(13-4-8(19-2)7-20-13)9-5-12(17)10(15)6-11(9)16/h4-7,14,18H,3H2,1-2H3. The van der Waals surface area contributed by atoms with E-state index in [0.29, 0.717) is 12.3 Å². The molecule has 20 heavy (non-hydrogen) atoms. The van der Waals surface area contributed by atoms with Crippen molar-refractivity contribution >= 4 is 27.3 Å². The van der Waals surface area contributed by atoms with Gasteiger partial charge in [0, 0.05) is 15.8 Å². The van der Waals surface area contributed by atoms with Crippen LogP contribution in [0.3, 0.4) is 0 Å². The molecule has 0 saturated carbocycles. The van der Waals surface area contributed by atoms with Gasteiger partial charge in [-0.1, -0.05) is 6.92 Å². The number of ether oxygens (including phenoxy) is 1. The number of methoxy groups -OCH3 is 1. The first-order valence-corrected chi connectivity index (χ1v) is 7.74. The first-order valence-electron chi connectivity index (χ1n) is 6.07. The van der Waals surface area contributed by atoms with Gasteiger partial charge in [0.05, 0.1) is 17.6 Å². The van der Waals surface area contributed by atoms with E-state index in [1.165, 1.54) is 17.4 Å². The summed E-state index contributed by atoms with van der Waals surface area (Å²) in [7, 11) is 1.58. The van der Waals surface area contributed by atoms with Crippen LogP contribution in [0.25, 0.3) is 0 Å². The van der Waals surface area contributed by atoms with E-state index in [1.54, 1.807) is 7.11 Å². The van der Waals surface area contributed by atoms with Crippen LogP contribution in [-0.4, -0.2) is 13.7 Å². The highest BCUT2D eigenvalue weighted by atomic mass is 79.9. The van der Waals surface area contributed by atoms with Gasteiger partial charge in [-0.05, 0) is 40.7 Å². The zero-order chi connectivity index (χ0) is 14.7. The van der Waals surface area contributed by atoms with Crippen LogP contribution in [0.15, 0.2) is 28.1 Å². The molecule has 0 aliphatic rings. The zero-order valence-corrected chi connectivity index (χ0v) is 13.4. The zero-order valence-electron chi connectivity index (χ0n) is 11.0. The number of thiophene rings is 1. The average Bonchev–Trinajstić information content (AvgIpc) is 2.89. The van der Waals surface area contributed by atoms with Gasteiger partial charge in [0.15, 0.2) is 0 Å². The van der Waals surface area contributed by atoms with E-state index in [-0.39, 0.29) is 10.0 Å². The SMILES string of the molecule is CCNC(c1cc(OC)cs1)c1cc(F)c(Br)cc1F. The monoisotopic (exact) mass is 361 g/mol. The maximum atomic E-state index is 14.1. The molecule has 1 heterocycles. The predicted octanol–water partition coefficient (Wildman–Crippen LogP) is 4.50. The van der Waals surface area contributed by atoms with Gasteiger partial charge in [0.1, 0.15) is 17.4 Å². The first-order chi connectivity index (χ1) is 9.56. The lowest BCUT2D eigenvalue weighted by Gasteiger charge is -2.18. The molecule has 1 aromatic heterocycles. The molecule has 0 aliphatic heterocycles. The fraction of sp³-hybridized carbons (Fsp3) is 0.286. The molecule has 2 aromatic rings. The molecule has 0 amide bonds. The van der Waals surface area contributed by atoms with Gasteiger partial charge in [0.2, 0.25) is 0 Å². The van der Waals surface area contributed by atoms with Crippen molar-refractivity contribution in [1.29, 1.82) is 0 Å². The van der Waals surface area contributed by atoms with Crippen LogP contribution in [0.2, 0.25) is 0 Å². The normalized spacial score (nSPS) is 12.4. The molecule has 0 saturated heterocycles. The second-order valence-corrected chi connectivity index (χ2v) is 5.96. The van der Waals surface area contributed by atoms with Gasteiger partial charge >= 0.3 is 0 Å². The van der Waals surface area contributed by atoms with E-state index < -0.39 is 17.7 Å². The Morgan fingerprint density at radius 3 is 2.65 bits per heavy atom. The highest BCUT2D eigenvalue weighted by Gasteiger charge is 2.21. The van der Waals surface area contributed by atoms with E-state index in [4.69, 9.17) is 4.74 Å². The fourth-order valence-electron chi connectivity index (χ4n) is 1.92. The minimum absolute atomic E-state index is 0.123. The van der Waals surface area contributed by atoms with Crippen molar-refractivity contribution < 1.29 is 13.5 Å². The first kappa shape index (κ1) is 15.4. The van der Waals surface area contributed by atoms with Crippen molar-refractivity contribution in [1.82, 2.24) is 5.32 Å². The second kappa shape index (κ2) is 6.65. The van der Waals surface area contributed by atoms with Crippen molar-refractivity contribution in [3.05, 3.63) is 50.1 Å². The summed E-state index contributed by atoms with van der Waals surface area (Å²) in [5.41, 5.74) is 0.289. The third-order valence-electron chi connectivity index (χ3n) is 2.87. The summed E-state index contributed by atoms with van der Waals surface area (Å²) in [5, 5.41) is 5.01. The van der Waals surface area contributed by atoms with Crippen molar-refractivity contribution in [2.75, 3.05) is 13.7 Å². The number of hydrogen-bond acceptors (Lipinski definition) is 3. The Morgan fingerprint density at radius 2 is 2.05 bits per heavy atom. The van der Waals surface area contributed by atoms with Crippen LogP contribution < -0.4 is 10.1 Å².